The Bertz CT molecular complexity index is 863. The number of nitrogens with one attached hydrogen (secondary N) is 1. The van der Waals surface area contributed by atoms with Crippen molar-refractivity contribution >= 4 is 50.6 Å². The molecule has 6 nitrogen and oxygen atoms in total. The summed E-state index contributed by atoms with van der Waals surface area (Å²) >= 11 is 6.22. The zero-order valence-electron chi connectivity index (χ0n) is 12.7. The van der Waals surface area contributed by atoms with E-state index in [1.807, 2.05) is 42.6 Å². The first kappa shape index (κ1) is 17.0. The van der Waals surface area contributed by atoms with E-state index in [-0.39, 0.29) is 11.7 Å². The number of hydrogen-bond acceptors (Lipinski definition) is 6. The van der Waals surface area contributed by atoms with Crippen molar-refractivity contribution in [1.29, 1.82) is 0 Å². The number of amides is 1. The lowest BCUT2D eigenvalue weighted by molar-refractivity contribution is -0.113. The number of carbonyl (C=O) groups excluding carboxylic acids is 1. The van der Waals surface area contributed by atoms with Crippen molar-refractivity contribution in [2.24, 2.45) is 0 Å². The van der Waals surface area contributed by atoms with Crippen LogP contribution in [0.3, 0.4) is 0 Å². The number of hydrogen-bond donors (Lipinski definition) is 2. The summed E-state index contributed by atoms with van der Waals surface area (Å²) in [5, 5.41) is 13.4. The van der Waals surface area contributed by atoms with E-state index in [4.69, 9.17) is 5.84 Å². The minimum Gasteiger partial charge on any atom is -0.335 e. The lowest BCUT2D eigenvalue weighted by atomic mass is 10.2. The van der Waals surface area contributed by atoms with E-state index in [2.05, 4.69) is 31.4 Å². The Morgan fingerprint density at radius 1 is 1.42 bits per heavy atom. The van der Waals surface area contributed by atoms with Gasteiger partial charge in [-0.1, -0.05) is 23.9 Å². The first-order valence-corrected chi connectivity index (χ1v) is 9.63. The first-order chi connectivity index (χ1) is 11.5. The van der Waals surface area contributed by atoms with Crippen molar-refractivity contribution in [2.45, 2.75) is 12.1 Å². The molecular formula is C15H14BrN5OS2. The lowest BCUT2D eigenvalue weighted by Gasteiger charge is -2.08. The Morgan fingerprint density at radius 2 is 2.25 bits per heavy atom. The maximum Gasteiger partial charge on any atom is 0.234 e. The molecule has 3 N–H and O–H groups in total. The van der Waals surface area contributed by atoms with Gasteiger partial charge >= 0.3 is 0 Å². The smallest absolute Gasteiger partial charge is 0.234 e. The summed E-state index contributed by atoms with van der Waals surface area (Å²) in [6.45, 7) is 1.99. The molecule has 0 atom stereocenters. The van der Waals surface area contributed by atoms with E-state index < -0.39 is 0 Å². The van der Waals surface area contributed by atoms with Crippen LogP contribution in [-0.4, -0.2) is 26.5 Å². The molecule has 2 aromatic heterocycles. The van der Waals surface area contributed by atoms with E-state index in [0.717, 1.165) is 20.6 Å². The fourth-order valence-corrected chi connectivity index (χ4v) is 3.94. The van der Waals surface area contributed by atoms with Crippen molar-refractivity contribution in [1.82, 2.24) is 14.9 Å². The number of thioether (sulfide) groups is 1. The van der Waals surface area contributed by atoms with Gasteiger partial charge in [0.2, 0.25) is 11.1 Å². The Labute approximate surface area is 155 Å². The molecule has 0 unspecified atom stereocenters. The van der Waals surface area contributed by atoms with Gasteiger partial charge in [-0.15, -0.1) is 21.5 Å². The molecule has 124 valence electrons. The Balaban J connectivity index is 1.62. The number of anilines is 1. The van der Waals surface area contributed by atoms with E-state index in [1.54, 1.807) is 0 Å². The second-order valence-electron chi connectivity index (χ2n) is 4.97. The van der Waals surface area contributed by atoms with Crippen LogP contribution in [0.15, 0.2) is 45.3 Å². The molecule has 0 fully saturated rings. The quantitative estimate of drug-likeness (QED) is 0.484. The van der Waals surface area contributed by atoms with Gasteiger partial charge in [-0.2, -0.15) is 0 Å². The zero-order valence-corrected chi connectivity index (χ0v) is 15.9. The van der Waals surface area contributed by atoms with Gasteiger partial charge in [0.05, 0.1) is 16.3 Å². The first-order valence-electron chi connectivity index (χ1n) is 6.98. The summed E-state index contributed by atoms with van der Waals surface area (Å²) in [6.07, 6.45) is 0. The molecule has 1 aromatic carbocycles. The van der Waals surface area contributed by atoms with Gasteiger partial charge in [0.15, 0.2) is 5.82 Å². The fourth-order valence-electron chi connectivity index (χ4n) is 1.99. The number of rotatable bonds is 5. The maximum atomic E-state index is 12.1. The summed E-state index contributed by atoms with van der Waals surface area (Å²) in [6, 6.07) is 9.61. The highest BCUT2D eigenvalue weighted by Crippen LogP contribution is 2.26. The van der Waals surface area contributed by atoms with Crippen LogP contribution in [0.2, 0.25) is 0 Å². The number of nitrogens with two attached hydrogens (primary N) is 1. The van der Waals surface area contributed by atoms with E-state index in [0.29, 0.717) is 11.0 Å². The molecule has 2 heterocycles. The Kier molecular flexibility index (Phi) is 5.22. The minimum atomic E-state index is -0.134. The summed E-state index contributed by atoms with van der Waals surface area (Å²) in [5.41, 5.74) is 1.85. The molecule has 3 rings (SSSR count). The average Bonchev–Trinajstić information content (AvgIpc) is 3.18. The molecule has 24 heavy (non-hydrogen) atoms. The average molecular weight is 424 g/mol. The molecule has 9 heteroatoms. The van der Waals surface area contributed by atoms with Crippen molar-refractivity contribution in [2.75, 3.05) is 16.9 Å². The number of aromatic nitrogens is 3. The van der Waals surface area contributed by atoms with Crippen molar-refractivity contribution < 1.29 is 4.79 Å². The van der Waals surface area contributed by atoms with E-state index in [9.17, 15) is 4.79 Å². The molecule has 0 radical (unpaired) electrons. The van der Waals surface area contributed by atoms with Crippen LogP contribution in [0, 0.1) is 6.92 Å². The standard InChI is InChI=1S/C15H14BrN5OS2/c1-9-4-5-11(10(16)7-9)18-13(22)8-24-15-20-19-14(21(15)17)12-3-2-6-23-12/h2-7H,8,17H2,1H3,(H,18,22). The molecule has 0 saturated carbocycles. The summed E-state index contributed by atoms with van der Waals surface area (Å²) in [4.78, 5) is 13.1. The molecule has 0 aliphatic carbocycles. The van der Waals surface area contributed by atoms with Gasteiger partial charge in [-0.3, -0.25) is 4.79 Å². The molecule has 0 aliphatic rings. The molecular weight excluding hydrogens is 410 g/mol. The normalized spacial score (nSPS) is 10.8. The monoisotopic (exact) mass is 423 g/mol. The topological polar surface area (TPSA) is 85.8 Å². The van der Waals surface area contributed by atoms with E-state index >= 15 is 0 Å². The summed E-state index contributed by atoms with van der Waals surface area (Å²) in [7, 11) is 0. The Hall–Kier alpha value is -1.84. The van der Waals surface area contributed by atoms with Crippen molar-refractivity contribution in [3.8, 4) is 10.7 Å². The highest BCUT2D eigenvalue weighted by atomic mass is 79.9. The van der Waals surface area contributed by atoms with E-state index in [1.165, 1.54) is 27.8 Å². The number of nitrogen functional groups attached to an aromatic ring is 1. The van der Waals surface area contributed by atoms with Crippen LogP contribution < -0.4 is 11.2 Å². The molecule has 3 aromatic rings. The number of aryl methyl sites for hydroxylation is 1. The Morgan fingerprint density at radius 3 is 2.96 bits per heavy atom. The number of thiophene rings is 1. The van der Waals surface area contributed by atoms with Gasteiger partial charge < -0.3 is 11.2 Å². The molecule has 0 aliphatic heterocycles. The third-order valence-corrected chi connectivity index (χ3v) is 5.60. The third-order valence-electron chi connectivity index (χ3n) is 3.14. The largest absolute Gasteiger partial charge is 0.335 e. The number of nitrogens with zero attached hydrogens (tertiary/aromatic N) is 3. The molecule has 1 amide bonds. The maximum absolute atomic E-state index is 12.1. The summed E-state index contributed by atoms with van der Waals surface area (Å²) in [5.74, 6) is 6.66. The van der Waals surface area contributed by atoms with Crippen LogP contribution in [0.25, 0.3) is 10.7 Å². The van der Waals surface area contributed by atoms with Crippen LogP contribution in [0.5, 0.6) is 0 Å². The van der Waals surface area contributed by atoms with Crippen molar-refractivity contribution in [3.63, 3.8) is 0 Å². The van der Waals surface area contributed by atoms with Crippen LogP contribution >= 0.6 is 39.0 Å². The number of halogens is 1. The lowest BCUT2D eigenvalue weighted by Crippen LogP contribution is -2.16. The highest BCUT2D eigenvalue weighted by Gasteiger charge is 2.14. The second-order valence-corrected chi connectivity index (χ2v) is 7.72. The van der Waals surface area contributed by atoms with Gasteiger partial charge in [-0.25, -0.2) is 4.68 Å². The third kappa shape index (κ3) is 3.80. The molecule has 0 bridgehead atoms. The SMILES string of the molecule is Cc1ccc(NC(=O)CSc2nnc(-c3cccs3)n2N)c(Br)c1. The minimum absolute atomic E-state index is 0.134. The van der Waals surface area contributed by atoms with Crippen LogP contribution in [-0.2, 0) is 4.79 Å². The van der Waals surface area contributed by atoms with Gasteiger partial charge in [0, 0.05) is 4.47 Å². The zero-order chi connectivity index (χ0) is 17.1. The molecule has 0 saturated heterocycles. The van der Waals surface area contributed by atoms with Gasteiger partial charge in [0.25, 0.3) is 0 Å². The highest BCUT2D eigenvalue weighted by molar-refractivity contribution is 9.10. The van der Waals surface area contributed by atoms with Crippen LogP contribution in [0.1, 0.15) is 5.56 Å². The summed E-state index contributed by atoms with van der Waals surface area (Å²) < 4.78 is 2.26. The predicted octanol–water partition coefficient (Wildman–Crippen LogP) is 3.52. The van der Waals surface area contributed by atoms with Crippen LogP contribution in [0.4, 0.5) is 5.69 Å². The van der Waals surface area contributed by atoms with Crippen molar-refractivity contribution in [3.05, 3.63) is 45.7 Å². The molecule has 0 spiro atoms. The number of benzene rings is 1. The van der Waals surface area contributed by atoms with Gasteiger partial charge in [-0.05, 0) is 52.0 Å². The fraction of sp³-hybridized carbons (Fsp3) is 0.133. The second kappa shape index (κ2) is 7.37. The predicted molar refractivity (Wildman–Crippen MR) is 102 cm³/mol. The number of carbonyl (C=O) groups is 1. The van der Waals surface area contributed by atoms with Gasteiger partial charge in [0.1, 0.15) is 0 Å².